The summed E-state index contributed by atoms with van der Waals surface area (Å²) in [6.07, 6.45) is 2.20. The van der Waals surface area contributed by atoms with E-state index >= 15 is 0 Å². The summed E-state index contributed by atoms with van der Waals surface area (Å²) >= 11 is 6.02. The van der Waals surface area contributed by atoms with Crippen LogP contribution < -0.4 is 5.32 Å². The highest BCUT2D eigenvalue weighted by atomic mass is 35.5. The SMILES string of the molecule is O=C1CC(C2CCCO2)C(c2cccc(Cl)c2)C(=O)N1. The van der Waals surface area contributed by atoms with Crippen LogP contribution in [0.25, 0.3) is 0 Å². The lowest BCUT2D eigenvalue weighted by Crippen LogP contribution is -2.47. The zero-order valence-corrected chi connectivity index (χ0v) is 11.7. The molecule has 106 valence electrons. The number of halogens is 1. The highest BCUT2D eigenvalue weighted by Crippen LogP contribution is 2.38. The van der Waals surface area contributed by atoms with Gasteiger partial charge in [-0.25, -0.2) is 0 Å². The molecule has 0 saturated carbocycles. The number of hydrogen-bond donors (Lipinski definition) is 1. The monoisotopic (exact) mass is 293 g/mol. The Labute approximate surface area is 122 Å². The van der Waals surface area contributed by atoms with Gasteiger partial charge < -0.3 is 4.74 Å². The first-order valence-corrected chi connectivity index (χ1v) is 7.24. The maximum absolute atomic E-state index is 12.3. The van der Waals surface area contributed by atoms with Crippen LogP contribution in [0.1, 0.15) is 30.7 Å². The fourth-order valence-corrected chi connectivity index (χ4v) is 3.38. The summed E-state index contributed by atoms with van der Waals surface area (Å²) < 4.78 is 5.71. The fraction of sp³-hybridized carbons (Fsp3) is 0.467. The van der Waals surface area contributed by atoms with Crippen LogP contribution in [0.15, 0.2) is 24.3 Å². The van der Waals surface area contributed by atoms with Gasteiger partial charge in [0.25, 0.3) is 0 Å². The summed E-state index contributed by atoms with van der Waals surface area (Å²) in [5.74, 6) is -0.926. The van der Waals surface area contributed by atoms with Crippen molar-refractivity contribution in [3.63, 3.8) is 0 Å². The van der Waals surface area contributed by atoms with Gasteiger partial charge in [0.05, 0.1) is 12.0 Å². The first-order valence-electron chi connectivity index (χ1n) is 6.86. The number of nitrogens with one attached hydrogen (secondary N) is 1. The normalized spacial score (nSPS) is 30.4. The van der Waals surface area contributed by atoms with Crippen LogP contribution in [0.5, 0.6) is 0 Å². The van der Waals surface area contributed by atoms with Crippen molar-refractivity contribution in [2.75, 3.05) is 6.61 Å². The molecule has 2 saturated heterocycles. The third-order valence-electron chi connectivity index (χ3n) is 4.04. The van der Waals surface area contributed by atoms with E-state index in [1.807, 2.05) is 12.1 Å². The molecule has 0 radical (unpaired) electrons. The van der Waals surface area contributed by atoms with Gasteiger partial charge >= 0.3 is 0 Å². The summed E-state index contributed by atoms with van der Waals surface area (Å²) in [6.45, 7) is 0.708. The third kappa shape index (κ3) is 2.58. The van der Waals surface area contributed by atoms with Gasteiger partial charge in [-0.15, -0.1) is 0 Å². The second-order valence-corrected chi connectivity index (χ2v) is 5.80. The van der Waals surface area contributed by atoms with Crippen molar-refractivity contribution < 1.29 is 14.3 Å². The average Bonchev–Trinajstić information content (AvgIpc) is 2.91. The van der Waals surface area contributed by atoms with Gasteiger partial charge in [-0.05, 0) is 30.5 Å². The van der Waals surface area contributed by atoms with Gasteiger partial charge in [0.2, 0.25) is 11.8 Å². The lowest BCUT2D eigenvalue weighted by molar-refractivity contribution is -0.138. The van der Waals surface area contributed by atoms with Crippen LogP contribution >= 0.6 is 11.6 Å². The molecule has 0 aromatic heterocycles. The first-order chi connectivity index (χ1) is 9.65. The van der Waals surface area contributed by atoms with Crippen molar-refractivity contribution in [1.29, 1.82) is 0 Å². The molecule has 2 fully saturated rings. The number of rotatable bonds is 2. The van der Waals surface area contributed by atoms with E-state index in [1.165, 1.54) is 0 Å². The summed E-state index contributed by atoms with van der Waals surface area (Å²) in [6, 6.07) is 7.28. The number of hydrogen-bond acceptors (Lipinski definition) is 3. The molecule has 2 aliphatic heterocycles. The topological polar surface area (TPSA) is 55.4 Å². The zero-order chi connectivity index (χ0) is 14.1. The van der Waals surface area contributed by atoms with Gasteiger partial charge in [-0.1, -0.05) is 23.7 Å². The van der Waals surface area contributed by atoms with Crippen LogP contribution in [0.2, 0.25) is 5.02 Å². The summed E-state index contributed by atoms with van der Waals surface area (Å²) in [7, 11) is 0. The number of carbonyl (C=O) groups is 2. The molecule has 2 aliphatic rings. The Morgan fingerprint density at radius 2 is 2.15 bits per heavy atom. The largest absolute Gasteiger partial charge is 0.378 e. The van der Waals surface area contributed by atoms with E-state index < -0.39 is 0 Å². The molecule has 1 aromatic rings. The molecular weight excluding hydrogens is 278 g/mol. The van der Waals surface area contributed by atoms with E-state index in [2.05, 4.69) is 5.32 Å². The Kier molecular flexibility index (Phi) is 3.76. The Hall–Kier alpha value is -1.39. The Balaban J connectivity index is 1.94. The second kappa shape index (κ2) is 5.54. The molecular formula is C15H16ClNO3. The predicted octanol–water partition coefficient (Wildman–Crippen LogP) is 2.27. The van der Waals surface area contributed by atoms with E-state index in [-0.39, 0.29) is 29.8 Å². The molecule has 5 heteroatoms. The van der Waals surface area contributed by atoms with Crippen molar-refractivity contribution in [1.82, 2.24) is 5.32 Å². The molecule has 20 heavy (non-hydrogen) atoms. The molecule has 0 aliphatic carbocycles. The van der Waals surface area contributed by atoms with Gasteiger partial charge in [0, 0.05) is 24.0 Å². The van der Waals surface area contributed by atoms with Crippen molar-refractivity contribution in [2.45, 2.75) is 31.3 Å². The van der Waals surface area contributed by atoms with Gasteiger partial charge in [0.1, 0.15) is 0 Å². The van der Waals surface area contributed by atoms with Crippen molar-refractivity contribution >= 4 is 23.4 Å². The Bertz CT molecular complexity index is 540. The maximum Gasteiger partial charge on any atom is 0.234 e. The summed E-state index contributed by atoms with van der Waals surface area (Å²) in [5.41, 5.74) is 0.850. The van der Waals surface area contributed by atoms with Crippen molar-refractivity contribution in [2.24, 2.45) is 5.92 Å². The molecule has 1 aromatic carbocycles. The zero-order valence-electron chi connectivity index (χ0n) is 11.0. The minimum atomic E-state index is -0.366. The van der Waals surface area contributed by atoms with Gasteiger partial charge in [-0.2, -0.15) is 0 Å². The maximum atomic E-state index is 12.3. The highest BCUT2D eigenvalue weighted by molar-refractivity contribution is 6.30. The number of benzene rings is 1. The summed E-state index contributed by atoms with van der Waals surface area (Å²) in [5, 5.41) is 3.02. The highest BCUT2D eigenvalue weighted by Gasteiger charge is 2.42. The molecule has 0 bridgehead atoms. The lowest BCUT2D eigenvalue weighted by atomic mass is 9.76. The molecule has 2 heterocycles. The third-order valence-corrected chi connectivity index (χ3v) is 4.28. The van der Waals surface area contributed by atoms with E-state index in [1.54, 1.807) is 12.1 Å². The molecule has 2 amide bonds. The summed E-state index contributed by atoms with van der Waals surface area (Å²) in [4.78, 5) is 23.9. The molecule has 3 rings (SSSR count). The number of ether oxygens (including phenoxy) is 1. The quantitative estimate of drug-likeness (QED) is 0.851. The van der Waals surface area contributed by atoms with Gasteiger partial charge in [-0.3, -0.25) is 14.9 Å². The van der Waals surface area contributed by atoms with Crippen molar-refractivity contribution in [3.8, 4) is 0 Å². The number of piperidine rings is 1. The first kappa shape index (κ1) is 13.6. The van der Waals surface area contributed by atoms with Gasteiger partial charge in [0.15, 0.2) is 0 Å². The van der Waals surface area contributed by atoms with Crippen LogP contribution in [0, 0.1) is 5.92 Å². The minimum Gasteiger partial charge on any atom is -0.378 e. The fourth-order valence-electron chi connectivity index (χ4n) is 3.18. The van der Waals surface area contributed by atoms with E-state index in [0.29, 0.717) is 18.1 Å². The Morgan fingerprint density at radius 1 is 1.30 bits per heavy atom. The number of imide groups is 1. The Morgan fingerprint density at radius 3 is 2.85 bits per heavy atom. The van der Waals surface area contributed by atoms with Crippen LogP contribution in [0.4, 0.5) is 0 Å². The number of amides is 2. The lowest BCUT2D eigenvalue weighted by Gasteiger charge is -2.33. The molecule has 0 spiro atoms. The predicted molar refractivity (Wildman–Crippen MR) is 74.4 cm³/mol. The molecule has 3 unspecified atom stereocenters. The molecule has 4 nitrogen and oxygen atoms in total. The minimum absolute atomic E-state index is 0.0195. The van der Waals surface area contributed by atoms with Crippen LogP contribution in [0.3, 0.4) is 0 Å². The smallest absolute Gasteiger partial charge is 0.234 e. The van der Waals surface area contributed by atoms with E-state index in [4.69, 9.17) is 16.3 Å². The van der Waals surface area contributed by atoms with E-state index in [0.717, 1.165) is 18.4 Å². The van der Waals surface area contributed by atoms with E-state index in [9.17, 15) is 9.59 Å². The van der Waals surface area contributed by atoms with Crippen molar-refractivity contribution in [3.05, 3.63) is 34.9 Å². The number of carbonyl (C=O) groups excluding carboxylic acids is 2. The standard InChI is InChI=1S/C15H16ClNO3/c16-10-4-1-3-9(7-10)14-11(12-5-2-6-20-12)8-13(18)17-15(14)19/h1,3-4,7,11-12,14H,2,5-6,8H2,(H,17,18,19). The molecule has 3 atom stereocenters. The average molecular weight is 294 g/mol. The van der Waals surface area contributed by atoms with Crippen LogP contribution in [-0.4, -0.2) is 24.5 Å². The molecule has 1 N–H and O–H groups in total. The van der Waals surface area contributed by atoms with Crippen LogP contribution in [-0.2, 0) is 14.3 Å². The second-order valence-electron chi connectivity index (χ2n) is 5.36.